The van der Waals surface area contributed by atoms with Gasteiger partial charge in [0.25, 0.3) is 0 Å². The second kappa shape index (κ2) is 6.72. The molecule has 0 spiro atoms. The molecule has 2 aromatic rings. The summed E-state index contributed by atoms with van der Waals surface area (Å²) in [6.45, 7) is 4.57. The molecular weight excluding hydrogens is 272 g/mol. The summed E-state index contributed by atoms with van der Waals surface area (Å²) in [4.78, 5) is 5.50. The molecule has 0 fully saturated rings. The van der Waals surface area contributed by atoms with E-state index in [1.165, 1.54) is 4.88 Å². The molecule has 0 unspecified atom stereocenters. The van der Waals surface area contributed by atoms with Gasteiger partial charge in [-0.2, -0.15) is 0 Å². The van der Waals surface area contributed by atoms with Crippen molar-refractivity contribution in [3.05, 3.63) is 39.8 Å². The molecule has 1 atom stereocenters. The Morgan fingerprint density at radius 2 is 2.20 bits per heavy atom. The fourth-order valence-corrected chi connectivity index (χ4v) is 2.73. The highest BCUT2D eigenvalue weighted by Crippen LogP contribution is 2.28. The van der Waals surface area contributed by atoms with Gasteiger partial charge in [-0.1, -0.05) is 6.07 Å². The normalized spacial score (nSPS) is 12.2. The van der Waals surface area contributed by atoms with E-state index in [1.807, 2.05) is 37.6 Å². The molecule has 108 valence electrons. The van der Waals surface area contributed by atoms with Crippen molar-refractivity contribution in [1.29, 1.82) is 0 Å². The Labute approximate surface area is 123 Å². The Balaban J connectivity index is 2.05. The fraction of sp³-hybridized carbons (Fsp3) is 0.400. The average Bonchev–Trinajstić information content (AvgIpc) is 2.84. The second-order valence-corrected chi connectivity index (χ2v) is 5.59. The molecule has 0 aliphatic rings. The molecule has 0 aliphatic heterocycles. The summed E-state index contributed by atoms with van der Waals surface area (Å²) in [6.07, 6.45) is 0.853. The van der Waals surface area contributed by atoms with Gasteiger partial charge in [0, 0.05) is 29.0 Å². The molecule has 5 heteroatoms. The maximum absolute atomic E-state index is 5.97. The highest BCUT2D eigenvalue weighted by molar-refractivity contribution is 7.09. The fourth-order valence-electron chi connectivity index (χ4n) is 1.96. The number of thiazole rings is 1. The summed E-state index contributed by atoms with van der Waals surface area (Å²) >= 11 is 1.66. The number of hydrogen-bond acceptors (Lipinski definition) is 5. The summed E-state index contributed by atoms with van der Waals surface area (Å²) < 4.78 is 11.1. The van der Waals surface area contributed by atoms with E-state index in [0.29, 0.717) is 6.61 Å². The van der Waals surface area contributed by atoms with E-state index in [1.54, 1.807) is 18.4 Å². The minimum absolute atomic E-state index is 0.0685. The third kappa shape index (κ3) is 3.49. The summed E-state index contributed by atoms with van der Waals surface area (Å²) in [7, 11) is 1.64. The van der Waals surface area contributed by atoms with Gasteiger partial charge in [0.2, 0.25) is 0 Å². The van der Waals surface area contributed by atoms with Gasteiger partial charge in [0.1, 0.15) is 11.5 Å². The van der Waals surface area contributed by atoms with E-state index in [2.05, 4.69) is 4.98 Å². The maximum atomic E-state index is 5.97. The molecule has 0 saturated heterocycles. The largest absolute Gasteiger partial charge is 0.497 e. The van der Waals surface area contributed by atoms with Crippen LogP contribution in [-0.2, 0) is 6.42 Å². The Morgan fingerprint density at radius 3 is 2.80 bits per heavy atom. The summed E-state index contributed by atoms with van der Waals surface area (Å²) in [5.41, 5.74) is 9.91. The van der Waals surface area contributed by atoms with Gasteiger partial charge < -0.3 is 15.2 Å². The van der Waals surface area contributed by atoms with Crippen LogP contribution in [0.25, 0.3) is 0 Å². The predicted molar refractivity (Wildman–Crippen MR) is 81.6 cm³/mol. The highest BCUT2D eigenvalue weighted by atomic mass is 32.1. The van der Waals surface area contributed by atoms with Crippen molar-refractivity contribution in [3.8, 4) is 11.5 Å². The smallest absolute Gasteiger partial charge is 0.127 e. The highest BCUT2D eigenvalue weighted by Gasteiger charge is 2.10. The molecule has 1 aromatic heterocycles. The zero-order valence-electron chi connectivity index (χ0n) is 12.1. The number of rotatable bonds is 6. The lowest BCUT2D eigenvalue weighted by Crippen LogP contribution is -2.09. The molecule has 0 radical (unpaired) electrons. The number of aryl methyl sites for hydroxylation is 1. The topological polar surface area (TPSA) is 57.4 Å². The number of benzene rings is 1. The summed E-state index contributed by atoms with van der Waals surface area (Å²) in [5.74, 6) is 1.57. The van der Waals surface area contributed by atoms with Crippen molar-refractivity contribution >= 4 is 11.3 Å². The molecule has 1 aromatic carbocycles. The first-order valence-corrected chi connectivity index (χ1v) is 7.45. The van der Waals surface area contributed by atoms with Crippen molar-refractivity contribution in [3.63, 3.8) is 0 Å². The molecule has 1 heterocycles. The van der Waals surface area contributed by atoms with Crippen molar-refractivity contribution in [2.24, 2.45) is 5.73 Å². The van der Waals surface area contributed by atoms with Gasteiger partial charge in [-0.25, -0.2) is 4.98 Å². The zero-order chi connectivity index (χ0) is 14.5. The molecule has 20 heavy (non-hydrogen) atoms. The predicted octanol–water partition coefficient (Wildman–Crippen LogP) is 3.10. The van der Waals surface area contributed by atoms with Crippen molar-refractivity contribution < 1.29 is 9.47 Å². The van der Waals surface area contributed by atoms with E-state index in [9.17, 15) is 0 Å². The summed E-state index contributed by atoms with van der Waals surface area (Å²) in [6, 6.07) is 5.68. The molecule has 0 amide bonds. The zero-order valence-corrected chi connectivity index (χ0v) is 12.9. The third-order valence-corrected chi connectivity index (χ3v) is 4.14. The van der Waals surface area contributed by atoms with Crippen molar-refractivity contribution in [1.82, 2.24) is 4.98 Å². The van der Waals surface area contributed by atoms with Crippen LogP contribution in [0.3, 0.4) is 0 Å². The quantitative estimate of drug-likeness (QED) is 0.889. The number of ether oxygens (including phenoxy) is 2. The number of nitrogens with two attached hydrogens (primary N) is 1. The van der Waals surface area contributed by atoms with Gasteiger partial charge in [0.15, 0.2) is 0 Å². The number of hydrogen-bond donors (Lipinski definition) is 1. The lowest BCUT2D eigenvalue weighted by molar-refractivity contribution is 0.314. The van der Waals surface area contributed by atoms with Crippen molar-refractivity contribution in [2.45, 2.75) is 26.3 Å². The van der Waals surface area contributed by atoms with Crippen LogP contribution in [0.5, 0.6) is 11.5 Å². The Kier molecular flexibility index (Phi) is 4.98. The second-order valence-electron chi connectivity index (χ2n) is 4.65. The van der Waals surface area contributed by atoms with Crippen LogP contribution >= 0.6 is 11.3 Å². The Bertz CT molecular complexity index is 567. The Hall–Kier alpha value is -1.59. The van der Waals surface area contributed by atoms with Gasteiger partial charge in [-0.3, -0.25) is 0 Å². The van der Waals surface area contributed by atoms with Crippen LogP contribution in [-0.4, -0.2) is 18.7 Å². The standard InChI is InChI=1S/C15H20N2O2S/c1-10(16)13-5-4-12(18-3)8-14(13)19-7-6-15-11(2)17-9-20-15/h4-5,8-10H,6-7,16H2,1-3H3/t10-/m0/s1. The lowest BCUT2D eigenvalue weighted by Gasteiger charge is -2.15. The first kappa shape index (κ1) is 14.8. The Morgan fingerprint density at radius 1 is 1.40 bits per heavy atom. The van der Waals surface area contributed by atoms with Gasteiger partial charge >= 0.3 is 0 Å². The molecule has 0 aliphatic carbocycles. The minimum atomic E-state index is -0.0685. The van der Waals surface area contributed by atoms with Crippen LogP contribution in [0, 0.1) is 6.92 Å². The van der Waals surface area contributed by atoms with Crippen LogP contribution < -0.4 is 15.2 Å². The van der Waals surface area contributed by atoms with Crippen LogP contribution in [0.2, 0.25) is 0 Å². The molecule has 0 bridgehead atoms. The van der Waals surface area contributed by atoms with Gasteiger partial charge in [-0.05, 0) is 19.9 Å². The van der Waals surface area contributed by atoms with E-state index in [-0.39, 0.29) is 6.04 Å². The van der Waals surface area contributed by atoms with Gasteiger partial charge in [-0.15, -0.1) is 11.3 Å². The third-order valence-electron chi connectivity index (χ3n) is 3.14. The van der Waals surface area contributed by atoms with E-state index in [4.69, 9.17) is 15.2 Å². The minimum Gasteiger partial charge on any atom is -0.497 e. The molecule has 0 saturated carbocycles. The van der Waals surface area contributed by atoms with Crippen molar-refractivity contribution in [2.75, 3.05) is 13.7 Å². The van der Waals surface area contributed by atoms with E-state index >= 15 is 0 Å². The average molecular weight is 292 g/mol. The molecule has 2 N–H and O–H groups in total. The first-order chi connectivity index (χ1) is 9.61. The maximum Gasteiger partial charge on any atom is 0.127 e. The number of nitrogens with zero attached hydrogens (tertiary/aromatic N) is 1. The van der Waals surface area contributed by atoms with Gasteiger partial charge in [0.05, 0.1) is 24.9 Å². The van der Waals surface area contributed by atoms with Crippen LogP contribution in [0.15, 0.2) is 23.7 Å². The van der Waals surface area contributed by atoms with Crippen LogP contribution in [0.4, 0.5) is 0 Å². The van der Waals surface area contributed by atoms with E-state index < -0.39 is 0 Å². The molecular formula is C15H20N2O2S. The molecule has 2 rings (SSSR count). The summed E-state index contributed by atoms with van der Waals surface area (Å²) in [5, 5.41) is 0. The van der Waals surface area contributed by atoms with E-state index in [0.717, 1.165) is 29.2 Å². The molecule has 4 nitrogen and oxygen atoms in total. The SMILES string of the molecule is COc1ccc([C@H](C)N)c(OCCc2scnc2C)c1. The van der Waals surface area contributed by atoms with Crippen LogP contribution in [0.1, 0.15) is 29.1 Å². The lowest BCUT2D eigenvalue weighted by atomic mass is 10.1. The number of methoxy groups -OCH3 is 1. The monoisotopic (exact) mass is 292 g/mol. The number of aromatic nitrogens is 1. The first-order valence-electron chi connectivity index (χ1n) is 6.57.